The van der Waals surface area contributed by atoms with Crippen LogP contribution in [0.25, 0.3) is 0 Å². The van der Waals surface area contributed by atoms with Gasteiger partial charge in [0, 0.05) is 43.3 Å². The summed E-state index contributed by atoms with van der Waals surface area (Å²) in [6, 6.07) is 6.06. The van der Waals surface area contributed by atoms with E-state index in [1.54, 1.807) is 0 Å². The van der Waals surface area contributed by atoms with E-state index in [9.17, 15) is 4.79 Å². The van der Waals surface area contributed by atoms with E-state index in [2.05, 4.69) is 22.8 Å². The van der Waals surface area contributed by atoms with E-state index < -0.39 is 0 Å². The van der Waals surface area contributed by atoms with E-state index in [1.165, 1.54) is 36.9 Å². The highest BCUT2D eigenvalue weighted by atomic mass is 35.5. The second-order valence-corrected chi connectivity index (χ2v) is 8.37. The standard InChI is InChI=1S/C20H27ClN2O/c1-14-2-5-18(21)13-19(14)22-6-8-23(9-7-22)20(24)12-17-11-15-3-4-16(17)10-15/h2,5,13,15-17H,3-4,6-12H2,1H3/t15-,16+,17-/m0/s1. The minimum absolute atomic E-state index is 0.384. The molecule has 3 atom stereocenters. The summed E-state index contributed by atoms with van der Waals surface area (Å²) in [4.78, 5) is 17.1. The normalized spacial score (nSPS) is 29.3. The van der Waals surface area contributed by atoms with Crippen LogP contribution in [0.5, 0.6) is 0 Å². The third kappa shape index (κ3) is 3.15. The number of carbonyl (C=O) groups excluding carboxylic acids is 1. The van der Waals surface area contributed by atoms with Crippen molar-refractivity contribution in [3.8, 4) is 0 Å². The second-order valence-electron chi connectivity index (χ2n) is 7.94. The molecule has 4 rings (SSSR count). The molecule has 24 heavy (non-hydrogen) atoms. The number of halogens is 1. The Morgan fingerprint density at radius 2 is 1.96 bits per heavy atom. The zero-order chi connectivity index (χ0) is 16.7. The van der Waals surface area contributed by atoms with Crippen LogP contribution >= 0.6 is 11.6 Å². The summed E-state index contributed by atoms with van der Waals surface area (Å²) in [5, 5.41) is 0.783. The lowest BCUT2D eigenvalue weighted by Gasteiger charge is -2.37. The van der Waals surface area contributed by atoms with Crippen LogP contribution in [0.4, 0.5) is 5.69 Å². The topological polar surface area (TPSA) is 23.6 Å². The molecule has 0 aromatic heterocycles. The summed E-state index contributed by atoms with van der Waals surface area (Å²) < 4.78 is 0. The van der Waals surface area contributed by atoms with Crippen LogP contribution in [0.15, 0.2) is 18.2 Å². The number of aryl methyl sites for hydroxylation is 1. The molecule has 1 aromatic carbocycles. The van der Waals surface area contributed by atoms with Crippen molar-refractivity contribution in [2.24, 2.45) is 17.8 Å². The minimum Gasteiger partial charge on any atom is -0.368 e. The van der Waals surface area contributed by atoms with Crippen LogP contribution < -0.4 is 4.90 Å². The van der Waals surface area contributed by atoms with E-state index in [1.807, 2.05) is 12.1 Å². The minimum atomic E-state index is 0.384. The van der Waals surface area contributed by atoms with Crippen molar-refractivity contribution < 1.29 is 4.79 Å². The molecule has 0 unspecified atom stereocenters. The molecular weight excluding hydrogens is 320 g/mol. The molecule has 1 aromatic rings. The number of rotatable bonds is 3. The highest BCUT2D eigenvalue weighted by Gasteiger charge is 2.40. The smallest absolute Gasteiger partial charge is 0.222 e. The number of anilines is 1. The predicted octanol–water partition coefficient (Wildman–Crippen LogP) is 4.12. The van der Waals surface area contributed by atoms with E-state index in [4.69, 9.17) is 11.6 Å². The van der Waals surface area contributed by atoms with Gasteiger partial charge in [0.15, 0.2) is 0 Å². The molecule has 0 N–H and O–H groups in total. The Hall–Kier alpha value is -1.22. The van der Waals surface area contributed by atoms with Crippen molar-refractivity contribution in [3.63, 3.8) is 0 Å². The number of fused-ring (bicyclic) bond motifs is 2. The quantitative estimate of drug-likeness (QED) is 0.821. The molecule has 1 saturated heterocycles. The highest BCUT2D eigenvalue weighted by molar-refractivity contribution is 6.30. The van der Waals surface area contributed by atoms with Crippen molar-refractivity contribution in [1.82, 2.24) is 4.90 Å². The molecule has 2 saturated carbocycles. The molecule has 0 spiro atoms. The average Bonchev–Trinajstić information content (AvgIpc) is 3.20. The van der Waals surface area contributed by atoms with Gasteiger partial charge in [0.2, 0.25) is 5.91 Å². The first-order chi connectivity index (χ1) is 11.6. The summed E-state index contributed by atoms with van der Waals surface area (Å²) >= 11 is 6.15. The first-order valence-electron chi connectivity index (χ1n) is 9.39. The first kappa shape index (κ1) is 16.3. The highest BCUT2D eigenvalue weighted by Crippen LogP contribution is 2.49. The Kier molecular flexibility index (Phi) is 4.46. The number of nitrogens with zero attached hydrogens (tertiary/aromatic N) is 2. The molecule has 1 aliphatic heterocycles. The largest absolute Gasteiger partial charge is 0.368 e. The molecule has 4 heteroatoms. The van der Waals surface area contributed by atoms with Gasteiger partial charge >= 0.3 is 0 Å². The SMILES string of the molecule is Cc1ccc(Cl)cc1N1CCN(C(=O)C[C@@H]2C[C@H]3CC[C@@H]2C3)CC1. The van der Waals surface area contributed by atoms with Crippen molar-refractivity contribution in [2.45, 2.75) is 39.0 Å². The van der Waals surface area contributed by atoms with Gasteiger partial charge in [-0.05, 0) is 61.6 Å². The number of hydrogen-bond donors (Lipinski definition) is 0. The molecule has 1 amide bonds. The summed E-state index contributed by atoms with van der Waals surface area (Å²) in [7, 11) is 0. The van der Waals surface area contributed by atoms with Crippen LogP contribution in [0.2, 0.25) is 5.02 Å². The molecule has 3 aliphatic rings. The fourth-order valence-electron chi connectivity index (χ4n) is 5.10. The maximum atomic E-state index is 12.7. The maximum Gasteiger partial charge on any atom is 0.222 e. The van der Waals surface area contributed by atoms with E-state index in [0.717, 1.165) is 49.5 Å². The van der Waals surface area contributed by atoms with Crippen molar-refractivity contribution in [2.75, 3.05) is 31.1 Å². The Labute approximate surface area is 150 Å². The molecule has 0 radical (unpaired) electrons. The van der Waals surface area contributed by atoms with Crippen molar-refractivity contribution >= 4 is 23.2 Å². The van der Waals surface area contributed by atoms with E-state index in [-0.39, 0.29) is 0 Å². The van der Waals surface area contributed by atoms with Gasteiger partial charge in [0.05, 0.1) is 0 Å². The Morgan fingerprint density at radius 3 is 2.62 bits per heavy atom. The van der Waals surface area contributed by atoms with Crippen LogP contribution in [0.3, 0.4) is 0 Å². The maximum absolute atomic E-state index is 12.7. The molecular formula is C20H27ClN2O. The van der Waals surface area contributed by atoms with Crippen LogP contribution in [-0.4, -0.2) is 37.0 Å². The fourth-order valence-corrected chi connectivity index (χ4v) is 5.27. The first-order valence-corrected chi connectivity index (χ1v) is 9.77. The lowest BCUT2D eigenvalue weighted by molar-refractivity contribution is -0.132. The van der Waals surface area contributed by atoms with E-state index >= 15 is 0 Å². The van der Waals surface area contributed by atoms with Crippen molar-refractivity contribution in [3.05, 3.63) is 28.8 Å². The van der Waals surface area contributed by atoms with Gasteiger partial charge < -0.3 is 9.80 Å². The van der Waals surface area contributed by atoms with Crippen LogP contribution in [0.1, 0.15) is 37.7 Å². The van der Waals surface area contributed by atoms with Crippen molar-refractivity contribution in [1.29, 1.82) is 0 Å². The fraction of sp³-hybridized carbons (Fsp3) is 0.650. The summed E-state index contributed by atoms with van der Waals surface area (Å²) in [6.45, 7) is 5.61. The number of benzene rings is 1. The lowest BCUT2D eigenvalue weighted by atomic mass is 9.86. The van der Waals surface area contributed by atoms with Gasteiger partial charge in [-0.15, -0.1) is 0 Å². The van der Waals surface area contributed by atoms with E-state index in [0.29, 0.717) is 11.8 Å². The monoisotopic (exact) mass is 346 g/mol. The summed E-state index contributed by atoms with van der Waals surface area (Å²) in [5.41, 5.74) is 2.46. The second kappa shape index (κ2) is 6.59. The van der Waals surface area contributed by atoms with Gasteiger partial charge in [0.1, 0.15) is 0 Å². The Morgan fingerprint density at radius 1 is 1.17 bits per heavy atom. The third-order valence-electron chi connectivity index (χ3n) is 6.47. The molecule has 1 heterocycles. The van der Waals surface area contributed by atoms with Gasteiger partial charge in [-0.2, -0.15) is 0 Å². The van der Waals surface area contributed by atoms with Gasteiger partial charge in [-0.25, -0.2) is 0 Å². The van der Waals surface area contributed by atoms with Crippen LogP contribution in [0, 0.1) is 24.7 Å². The van der Waals surface area contributed by atoms with Crippen LogP contribution in [-0.2, 0) is 4.79 Å². The zero-order valence-corrected chi connectivity index (χ0v) is 15.3. The molecule has 2 bridgehead atoms. The molecule has 3 fully saturated rings. The molecule has 130 valence electrons. The lowest BCUT2D eigenvalue weighted by Crippen LogP contribution is -2.49. The number of piperazine rings is 1. The Bertz CT molecular complexity index is 624. The van der Waals surface area contributed by atoms with Gasteiger partial charge in [0.25, 0.3) is 0 Å². The number of hydrogen-bond acceptors (Lipinski definition) is 2. The Balaban J connectivity index is 1.32. The van der Waals surface area contributed by atoms with Gasteiger partial charge in [-0.1, -0.05) is 24.1 Å². The average molecular weight is 347 g/mol. The number of carbonyl (C=O) groups is 1. The predicted molar refractivity (Wildman–Crippen MR) is 98.5 cm³/mol. The molecule has 2 aliphatic carbocycles. The summed E-state index contributed by atoms with van der Waals surface area (Å²) in [5.74, 6) is 2.82. The zero-order valence-electron chi connectivity index (χ0n) is 14.5. The third-order valence-corrected chi connectivity index (χ3v) is 6.70. The molecule has 3 nitrogen and oxygen atoms in total. The van der Waals surface area contributed by atoms with Gasteiger partial charge in [-0.3, -0.25) is 4.79 Å². The number of amides is 1. The summed E-state index contributed by atoms with van der Waals surface area (Å²) in [6.07, 6.45) is 6.26.